The first-order valence-corrected chi connectivity index (χ1v) is 13.7. The molecule has 0 aliphatic carbocycles. The van der Waals surface area contributed by atoms with Crippen LogP contribution in [0.15, 0.2) is 115 Å². The average Bonchev–Trinajstić information content (AvgIpc) is 3.01. The highest BCUT2D eigenvalue weighted by atomic mass is 16.5. The van der Waals surface area contributed by atoms with E-state index in [0.29, 0.717) is 12.8 Å². The van der Waals surface area contributed by atoms with Gasteiger partial charge in [-0.25, -0.2) is 5.84 Å². The predicted molar refractivity (Wildman–Crippen MR) is 161 cm³/mol. The van der Waals surface area contributed by atoms with Gasteiger partial charge in [0.25, 0.3) is 5.91 Å². The van der Waals surface area contributed by atoms with Crippen LogP contribution in [-0.4, -0.2) is 28.8 Å². The summed E-state index contributed by atoms with van der Waals surface area (Å²) in [6, 6.07) is 36.7. The van der Waals surface area contributed by atoms with Gasteiger partial charge in [-0.2, -0.15) is 0 Å². The number of hydrogen-bond donors (Lipinski definition) is 3. The van der Waals surface area contributed by atoms with E-state index in [4.69, 9.17) is 16.0 Å². The van der Waals surface area contributed by atoms with E-state index in [-0.39, 0.29) is 25.0 Å². The minimum atomic E-state index is -0.598. The maximum atomic E-state index is 13.1. The average molecular weight is 549 g/mol. The summed E-state index contributed by atoms with van der Waals surface area (Å²) >= 11 is 0. The molecule has 0 aliphatic rings. The van der Waals surface area contributed by atoms with Gasteiger partial charge in [-0.1, -0.05) is 122 Å². The summed E-state index contributed by atoms with van der Waals surface area (Å²) in [5.41, 5.74) is 5.01. The van der Waals surface area contributed by atoms with Gasteiger partial charge >= 0.3 is 5.97 Å². The smallest absolute Gasteiger partial charge is 0.309 e. The highest BCUT2D eigenvalue weighted by molar-refractivity contribution is 6.36. The number of nitrogens with two attached hydrogens (primary N) is 1. The zero-order valence-electron chi connectivity index (χ0n) is 23.2. The van der Waals surface area contributed by atoms with Crippen LogP contribution in [0.5, 0.6) is 0 Å². The summed E-state index contributed by atoms with van der Waals surface area (Å²) in [6.45, 7) is 2.20. The monoisotopic (exact) mass is 548 g/mol. The van der Waals surface area contributed by atoms with Gasteiger partial charge in [0.15, 0.2) is 0 Å². The van der Waals surface area contributed by atoms with Gasteiger partial charge in [0.05, 0.1) is 12.5 Å². The minimum absolute atomic E-state index is 0.189. The lowest BCUT2D eigenvalue weighted by Gasteiger charge is -2.24. The summed E-state index contributed by atoms with van der Waals surface area (Å²) in [4.78, 5) is 25.9. The van der Waals surface area contributed by atoms with Crippen molar-refractivity contribution in [2.24, 2.45) is 11.8 Å². The Morgan fingerprint density at radius 3 is 1.93 bits per heavy atom. The topological polar surface area (TPSA) is 109 Å². The van der Waals surface area contributed by atoms with E-state index >= 15 is 0 Å². The number of rotatable bonds is 11. The van der Waals surface area contributed by atoms with Gasteiger partial charge in [0.2, 0.25) is 5.84 Å². The largest absolute Gasteiger partial charge is 0.461 e. The molecule has 0 bridgehead atoms. The van der Waals surface area contributed by atoms with Crippen molar-refractivity contribution < 1.29 is 14.3 Å². The van der Waals surface area contributed by atoms with Gasteiger partial charge in [0.1, 0.15) is 6.61 Å². The fourth-order valence-corrected chi connectivity index (χ4v) is 4.58. The molecule has 4 N–H and O–H groups in total. The lowest BCUT2D eigenvalue weighted by molar-refractivity contribution is -0.149. The number of nitrogens with one attached hydrogen (secondary N) is 2. The van der Waals surface area contributed by atoms with Crippen LogP contribution >= 0.6 is 0 Å². The van der Waals surface area contributed by atoms with Crippen molar-refractivity contribution in [1.29, 1.82) is 5.41 Å². The van der Waals surface area contributed by atoms with Crippen molar-refractivity contribution in [3.63, 3.8) is 0 Å². The second kappa shape index (κ2) is 14.6. The molecule has 4 aromatic carbocycles. The van der Waals surface area contributed by atoms with Crippen LogP contribution in [0.25, 0.3) is 11.1 Å². The summed E-state index contributed by atoms with van der Waals surface area (Å²) in [6.07, 6.45) is 0.823. The fourth-order valence-electron chi connectivity index (χ4n) is 4.58. The summed E-state index contributed by atoms with van der Waals surface area (Å²) in [5.74, 6) is 4.31. The number of ether oxygens (including phenoxy) is 1. The van der Waals surface area contributed by atoms with Crippen LogP contribution in [0.1, 0.15) is 30.0 Å². The van der Waals surface area contributed by atoms with E-state index in [0.717, 1.165) is 32.8 Å². The van der Waals surface area contributed by atoms with Crippen molar-refractivity contribution in [3.05, 3.63) is 132 Å². The van der Waals surface area contributed by atoms with Crippen molar-refractivity contribution in [3.8, 4) is 11.1 Å². The minimum Gasteiger partial charge on any atom is -0.461 e. The predicted octanol–water partition coefficient (Wildman–Crippen LogP) is 5.50. The molecule has 0 saturated heterocycles. The van der Waals surface area contributed by atoms with Crippen LogP contribution in [0.4, 0.5) is 0 Å². The Labute approximate surface area is 241 Å². The molecule has 210 valence electrons. The van der Waals surface area contributed by atoms with Crippen LogP contribution in [0.3, 0.4) is 0 Å². The number of hydrazine groups is 1. The maximum Gasteiger partial charge on any atom is 0.309 e. The molecule has 1 unspecified atom stereocenters. The van der Waals surface area contributed by atoms with E-state index in [1.807, 2.05) is 103 Å². The Bertz CT molecular complexity index is 1410. The number of benzene rings is 4. The zero-order chi connectivity index (χ0) is 29.0. The number of esters is 1. The third-order valence-electron chi connectivity index (χ3n) is 6.84. The first-order valence-electron chi connectivity index (χ1n) is 13.7. The molecule has 7 heteroatoms. The molecule has 4 aromatic rings. The van der Waals surface area contributed by atoms with E-state index in [9.17, 15) is 9.59 Å². The van der Waals surface area contributed by atoms with Crippen LogP contribution in [0.2, 0.25) is 0 Å². The van der Waals surface area contributed by atoms with Crippen LogP contribution in [0, 0.1) is 11.3 Å². The molecular weight excluding hydrogens is 512 g/mol. The Hall–Kier alpha value is -4.75. The third-order valence-corrected chi connectivity index (χ3v) is 6.84. The number of amides is 1. The zero-order valence-corrected chi connectivity index (χ0v) is 23.2. The summed E-state index contributed by atoms with van der Waals surface area (Å²) in [5, 5.41) is 12.4. The highest BCUT2D eigenvalue weighted by Gasteiger charge is 2.25. The Kier molecular flexibility index (Phi) is 10.4. The molecule has 0 spiro atoms. The molecule has 4 rings (SSSR count). The fraction of sp³-hybridized carbons (Fsp3) is 0.206. The third kappa shape index (κ3) is 8.88. The first-order chi connectivity index (χ1) is 19.9. The van der Waals surface area contributed by atoms with Gasteiger partial charge < -0.3 is 10.1 Å². The van der Waals surface area contributed by atoms with Gasteiger partial charge in [-0.05, 0) is 40.7 Å². The summed E-state index contributed by atoms with van der Waals surface area (Å²) < 4.78 is 5.54. The maximum absolute atomic E-state index is 13.1. The van der Waals surface area contributed by atoms with Crippen molar-refractivity contribution in [2.45, 2.75) is 39.0 Å². The number of hydrogen-bond acceptors (Lipinski definition) is 5. The second-order valence-electron chi connectivity index (χ2n) is 10.1. The number of carbonyl (C=O) groups excluding carboxylic acids is 2. The molecular formula is C34H36N4O3. The Balaban J connectivity index is 1.43. The molecule has 41 heavy (non-hydrogen) atoms. The highest BCUT2D eigenvalue weighted by Crippen LogP contribution is 2.21. The van der Waals surface area contributed by atoms with E-state index in [1.54, 1.807) is 6.92 Å². The molecule has 0 fully saturated rings. The number of amidine groups is 1. The van der Waals surface area contributed by atoms with E-state index in [1.165, 1.54) is 0 Å². The molecule has 0 heterocycles. The lowest BCUT2D eigenvalue weighted by atomic mass is 9.94. The molecule has 1 amide bonds. The Morgan fingerprint density at radius 2 is 1.32 bits per heavy atom. The molecule has 7 nitrogen and oxygen atoms in total. The standard InChI is InChI=1S/C34H36N4O3/c1-25(34(40)41-24-28-13-7-3-8-14-28)21-31(22-26-17-19-30(20-18-26)29-15-9-4-10-16-29)37-33(39)32(35)38(36)23-27-11-5-2-6-12-27/h2-20,25,31,35H,21-24,36H2,1H3,(H,37,39)/t25-,31?/m1/s1. The van der Waals surface area contributed by atoms with E-state index < -0.39 is 17.9 Å². The molecule has 0 radical (unpaired) electrons. The van der Waals surface area contributed by atoms with Gasteiger partial charge in [-0.3, -0.25) is 20.0 Å². The van der Waals surface area contributed by atoms with Gasteiger partial charge in [0, 0.05) is 6.04 Å². The lowest BCUT2D eigenvalue weighted by Crippen LogP contribution is -2.49. The Morgan fingerprint density at radius 1 is 0.780 bits per heavy atom. The number of nitrogens with zero attached hydrogens (tertiary/aromatic N) is 1. The van der Waals surface area contributed by atoms with Crippen LogP contribution in [-0.2, 0) is 33.9 Å². The molecule has 0 aliphatic heterocycles. The van der Waals surface area contributed by atoms with Crippen molar-refractivity contribution >= 4 is 17.7 Å². The van der Waals surface area contributed by atoms with Crippen molar-refractivity contribution in [2.75, 3.05) is 0 Å². The quantitative estimate of drug-likeness (QED) is 0.0754. The van der Waals surface area contributed by atoms with Crippen LogP contribution < -0.4 is 11.2 Å². The molecule has 2 atom stereocenters. The SMILES string of the molecule is C[C@H](CC(Cc1ccc(-c2ccccc2)cc1)NC(=O)C(=N)N(N)Cc1ccccc1)C(=O)OCc1ccccc1. The number of carbonyl (C=O) groups is 2. The molecule has 0 saturated carbocycles. The van der Waals surface area contributed by atoms with E-state index in [2.05, 4.69) is 17.4 Å². The van der Waals surface area contributed by atoms with Gasteiger partial charge in [-0.15, -0.1) is 0 Å². The second-order valence-corrected chi connectivity index (χ2v) is 10.1. The molecule has 0 aromatic heterocycles. The summed E-state index contributed by atoms with van der Waals surface area (Å²) in [7, 11) is 0. The normalized spacial score (nSPS) is 12.1. The van der Waals surface area contributed by atoms with Crippen molar-refractivity contribution in [1.82, 2.24) is 10.3 Å². The first kappa shape index (κ1) is 29.2.